The monoisotopic (exact) mass is 262 g/mol. The molecule has 5 nitrogen and oxygen atoms in total. The molecule has 1 saturated heterocycles. The van der Waals surface area contributed by atoms with Crippen LogP contribution in [0.5, 0.6) is 11.5 Å². The fourth-order valence-corrected chi connectivity index (χ4v) is 2.59. The molecule has 102 valence electrons. The number of nitrogens with two attached hydrogens (primary N) is 1. The molecule has 19 heavy (non-hydrogen) atoms. The van der Waals surface area contributed by atoms with Crippen molar-refractivity contribution in [2.45, 2.75) is 12.8 Å². The molecule has 1 amide bonds. The van der Waals surface area contributed by atoms with Gasteiger partial charge in [0.05, 0.1) is 0 Å². The van der Waals surface area contributed by atoms with Gasteiger partial charge < -0.3 is 20.1 Å². The molecule has 1 aromatic rings. The largest absolute Gasteiger partial charge is 0.454 e. The molecule has 2 heterocycles. The standard InChI is InChI=1S/C14H18N2O3/c15-7-11-6-14(17)16(8-11)4-3-10-1-2-12-13(5-10)19-9-18-12/h1-2,5,11H,3-4,6-9,15H2. The molecule has 5 heteroatoms. The van der Waals surface area contributed by atoms with Gasteiger partial charge in [-0.05, 0) is 36.6 Å². The number of rotatable bonds is 4. The number of amides is 1. The van der Waals surface area contributed by atoms with Gasteiger partial charge in [0.25, 0.3) is 0 Å². The zero-order valence-corrected chi connectivity index (χ0v) is 10.8. The van der Waals surface area contributed by atoms with Crippen molar-refractivity contribution in [1.29, 1.82) is 0 Å². The molecule has 0 spiro atoms. The van der Waals surface area contributed by atoms with Crippen molar-refractivity contribution in [2.24, 2.45) is 11.7 Å². The molecule has 3 rings (SSSR count). The van der Waals surface area contributed by atoms with Crippen molar-refractivity contribution in [2.75, 3.05) is 26.4 Å². The van der Waals surface area contributed by atoms with Crippen molar-refractivity contribution in [3.8, 4) is 11.5 Å². The number of hydrogen-bond donors (Lipinski definition) is 1. The van der Waals surface area contributed by atoms with Crippen molar-refractivity contribution in [3.05, 3.63) is 23.8 Å². The van der Waals surface area contributed by atoms with Gasteiger partial charge in [-0.1, -0.05) is 6.07 Å². The second kappa shape index (κ2) is 5.09. The third-order valence-corrected chi connectivity index (χ3v) is 3.74. The molecule has 0 saturated carbocycles. The Hall–Kier alpha value is -1.75. The SMILES string of the molecule is NCC1CC(=O)N(CCc2ccc3c(c2)OCO3)C1. The van der Waals surface area contributed by atoms with Crippen LogP contribution in [0.3, 0.4) is 0 Å². The summed E-state index contributed by atoms with van der Waals surface area (Å²) >= 11 is 0. The van der Waals surface area contributed by atoms with Gasteiger partial charge in [0, 0.05) is 19.5 Å². The molecule has 2 N–H and O–H groups in total. The Morgan fingerprint density at radius 2 is 2.16 bits per heavy atom. The van der Waals surface area contributed by atoms with Gasteiger partial charge in [-0.2, -0.15) is 0 Å². The van der Waals surface area contributed by atoms with E-state index in [2.05, 4.69) is 0 Å². The Kier molecular flexibility index (Phi) is 3.29. The molecule has 0 bridgehead atoms. The number of likely N-dealkylation sites (tertiary alicyclic amines) is 1. The molecule has 0 aliphatic carbocycles. The zero-order valence-electron chi connectivity index (χ0n) is 10.8. The lowest BCUT2D eigenvalue weighted by Crippen LogP contribution is -2.28. The normalized spacial score (nSPS) is 21.2. The molecule has 1 aromatic carbocycles. The average molecular weight is 262 g/mol. The van der Waals surface area contributed by atoms with E-state index in [1.165, 1.54) is 0 Å². The molecule has 2 aliphatic rings. The van der Waals surface area contributed by atoms with E-state index in [-0.39, 0.29) is 5.91 Å². The number of hydrogen-bond acceptors (Lipinski definition) is 4. The highest BCUT2D eigenvalue weighted by molar-refractivity contribution is 5.78. The maximum absolute atomic E-state index is 11.8. The first-order valence-corrected chi connectivity index (χ1v) is 6.62. The summed E-state index contributed by atoms with van der Waals surface area (Å²) in [6, 6.07) is 5.93. The summed E-state index contributed by atoms with van der Waals surface area (Å²) in [5, 5.41) is 0. The summed E-state index contributed by atoms with van der Waals surface area (Å²) in [5.41, 5.74) is 6.78. The number of carbonyl (C=O) groups excluding carboxylic acids is 1. The van der Waals surface area contributed by atoms with E-state index in [4.69, 9.17) is 15.2 Å². The Morgan fingerprint density at radius 1 is 1.32 bits per heavy atom. The summed E-state index contributed by atoms with van der Waals surface area (Å²) < 4.78 is 10.6. The van der Waals surface area contributed by atoms with E-state index in [1.807, 2.05) is 23.1 Å². The highest BCUT2D eigenvalue weighted by Gasteiger charge is 2.28. The average Bonchev–Trinajstić information content (AvgIpc) is 3.02. The van der Waals surface area contributed by atoms with Crippen molar-refractivity contribution in [3.63, 3.8) is 0 Å². The molecule has 2 aliphatic heterocycles. The van der Waals surface area contributed by atoms with Crippen LogP contribution in [-0.2, 0) is 11.2 Å². The number of fused-ring (bicyclic) bond motifs is 1. The quantitative estimate of drug-likeness (QED) is 0.870. The van der Waals surface area contributed by atoms with Crippen LogP contribution in [0.4, 0.5) is 0 Å². The lowest BCUT2D eigenvalue weighted by Gasteiger charge is -2.16. The summed E-state index contributed by atoms with van der Waals surface area (Å²) in [6.45, 7) is 2.42. The van der Waals surface area contributed by atoms with E-state index in [0.29, 0.717) is 25.7 Å². The van der Waals surface area contributed by atoms with Gasteiger partial charge in [-0.15, -0.1) is 0 Å². The number of ether oxygens (including phenoxy) is 2. The minimum absolute atomic E-state index is 0.219. The van der Waals surface area contributed by atoms with Crippen LogP contribution in [-0.4, -0.2) is 37.2 Å². The predicted molar refractivity (Wildman–Crippen MR) is 70.0 cm³/mol. The molecular weight excluding hydrogens is 244 g/mol. The fourth-order valence-electron chi connectivity index (χ4n) is 2.59. The van der Waals surface area contributed by atoms with Crippen LogP contribution in [0.25, 0.3) is 0 Å². The van der Waals surface area contributed by atoms with Crippen molar-refractivity contribution >= 4 is 5.91 Å². The predicted octanol–water partition coefficient (Wildman–Crippen LogP) is 0.765. The molecule has 1 fully saturated rings. The van der Waals surface area contributed by atoms with Gasteiger partial charge >= 0.3 is 0 Å². The molecule has 1 unspecified atom stereocenters. The van der Waals surface area contributed by atoms with E-state index >= 15 is 0 Å². The Labute approximate surface area is 112 Å². The summed E-state index contributed by atoms with van der Waals surface area (Å²) in [5.74, 6) is 2.13. The zero-order chi connectivity index (χ0) is 13.2. The highest BCUT2D eigenvalue weighted by Crippen LogP contribution is 2.32. The first kappa shape index (κ1) is 12.3. The van der Waals surface area contributed by atoms with E-state index in [1.54, 1.807) is 0 Å². The number of carbonyl (C=O) groups is 1. The minimum Gasteiger partial charge on any atom is -0.454 e. The Bertz CT molecular complexity index is 490. The second-order valence-corrected chi connectivity index (χ2v) is 5.08. The lowest BCUT2D eigenvalue weighted by atomic mass is 10.1. The van der Waals surface area contributed by atoms with Gasteiger partial charge in [-0.25, -0.2) is 0 Å². The van der Waals surface area contributed by atoms with Crippen molar-refractivity contribution in [1.82, 2.24) is 4.90 Å². The van der Waals surface area contributed by atoms with Crippen LogP contribution in [0.1, 0.15) is 12.0 Å². The Balaban J connectivity index is 1.59. The van der Waals surface area contributed by atoms with Gasteiger partial charge in [0.1, 0.15) is 0 Å². The Morgan fingerprint density at radius 3 is 2.95 bits per heavy atom. The summed E-state index contributed by atoms with van der Waals surface area (Å²) in [7, 11) is 0. The summed E-state index contributed by atoms with van der Waals surface area (Å²) in [4.78, 5) is 13.7. The van der Waals surface area contributed by atoms with E-state index in [0.717, 1.165) is 36.6 Å². The smallest absolute Gasteiger partial charge is 0.231 e. The molecule has 0 radical (unpaired) electrons. The topological polar surface area (TPSA) is 64.8 Å². The van der Waals surface area contributed by atoms with Crippen LogP contribution in [0.15, 0.2) is 18.2 Å². The maximum Gasteiger partial charge on any atom is 0.231 e. The van der Waals surface area contributed by atoms with Crippen LogP contribution in [0.2, 0.25) is 0 Å². The van der Waals surface area contributed by atoms with Crippen LogP contribution < -0.4 is 15.2 Å². The number of nitrogens with zero attached hydrogens (tertiary/aromatic N) is 1. The fraction of sp³-hybridized carbons (Fsp3) is 0.500. The van der Waals surface area contributed by atoms with Gasteiger partial charge in [-0.3, -0.25) is 4.79 Å². The van der Waals surface area contributed by atoms with Crippen LogP contribution >= 0.6 is 0 Å². The van der Waals surface area contributed by atoms with E-state index < -0.39 is 0 Å². The second-order valence-electron chi connectivity index (χ2n) is 5.08. The number of benzene rings is 1. The third-order valence-electron chi connectivity index (χ3n) is 3.74. The first-order valence-electron chi connectivity index (χ1n) is 6.62. The first-order chi connectivity index (χ1) is 9.26. The lowest BCUT2D eigenvalue weighted by molar-refractivity contribution is -0.127. The highest BCUT2D eigenvalue weighted by atomic mass is 16.7. The minimum atomic E-state index is 0.219. The summed E-state index contributed by atoms with van der Waals surface area (Å²) in [6.07, 6.45) is 1.43. The molecule has 0 aromatic heterocycles. The van der Waals surface area contributed by atoms with Crippen molar-refractivity contribution < 1.29 is 14.3 Å². The van der Waals surface area contributed by atoms with E-state index in [9.17, 15) is 4.79 Å². The van der Waals surface area contributed by atoms with Gasteiger partial charge in [0.15, 0.2) is 11.5 Å². The molecule has 1 atom stereocenters. The van der Waals surface area contributed by atoms with Gasteiger partial charge in [0.2, 0.25) is 12.7 Å². The third kappa shape index (κ3) is 2.51. The molecular formula is C14H18N2O3. The van der Waals surface area contributed by atoms with Crippen LogP contribution in [0, 0.1) is 5.92 Å². The maximum atomic E-state index is 11.8.